The molecule has 0 saturated carbocycles. The standard InChI is InChI=1S/C19H20N2O4/c20-16(22)12-11-15(19(24)25)21-18(23)17(13-7-3-1-4-8-13)14-9-5-2-6-10-14/h1-10,15,17H,11-12H2,(H2,20,22)(H,21,23)(H,24,25)/t15-/m1/s1. The zero-order valence-corrected chi connectivity index (χ0v) is 13.6. The highest BCUT2D eigenvalue weighted by Crippen LogP contribution is 2.25. The van der Waals surface area contributed by atoms with Gasteiger partial charge in [0.1, 0.15) is 6.04 Å². The summed E-state index contributed by atoms with van der Waals surface area (Å²) in [4.78, 5) is 35.1. The summed E-state index contributed by atoms with van der Waals surface area (Å²) in [5.41, 5.74) is 6.58. The molecule has 0 bridgehead atoms. The third-order valence-electron chi connectivity index (χ3n) is 3.82. The van der Waals surface area contributed by atoms with Crippen molar-refractivity contribution in [1.29, 1.82) is 0 Å². The Bertz CT molecular complexity index is 692. The van der Waals surface area contributed by atoms with Crippen molar-refractivity contribution >= 4 is 17.8 Å². The predicted octanol–water partition coefficient (Wildman–Crippen LogP) is 1.65. The van der Waals surface area contributed by atoms with Crippen LogP contribution in [0.2, 0.25) is 0 Å². The van der Waals surface area contributed by atoms with Crippen LogP contribution in [-0.4, -0.2) is 28.9 Å². The molecule has 0 aromatic heterocycles. The molecule has 2 amide bonds. The molecular weight excluding hydrogens is 320 g/mol. The zero-order valence-electron chi connectivity index (χ0n) is 13.6. The van der Waals surface area contributed by atoms with E-state index >= 15 is 0 Å². The smallest absolute Gasteiger partial charge is 0.326 e. The largest absolute Gasteiger partial charge is 0.480 e. The lowest BCUT2D eigenvalue weighted by molar-refractivity contribution is -0.142. The lowest BCUT2D eigenvalue weighted by atomic mass is 9.90. The average Bonchev–Trinajstić information content (AvgIpc) is 2.60. The summed E-state index contributed by atoms with van der Waals surface area (Å²) in [6.45, 7) is 0. The van der Waals surface area contributed by atoms with Crippen molar-refractivity contribution in [3.05, 3.63) is 71.8 Å². The molecule has 0 saturated heterocycles. The second kappa shape index (κ2) is 8.63. The number of aliphatic carboxylic acids is 1. The fraction of sp³-hybridized carbons (Fsp3) is 0.211. The van der Waals surface area contributed by atoms with E-state index in [4.69, 9.17) is 5.73 Å². The van der Waals surface area contributed by atoms with Crippen LogP contribution in [0.1, 0.15) is 29.9 Å². The van der Waals surface area contributed by atoms with Gasteiger partial charge in [-0.3, -0.25) is 9.59 Å². The Morgan fingerprint density at radius 2 is 1.40 bits per heavy atom. The van der Waals surface area contributed by atoms with Crippen molar-refractivity contribution in [3.8, 4) is 0 Å². The maximum atomic E-state index is 12.8. The van der Waals surface area contributed by atoms with Gasteiger partial charge < -0.3 is 16.2 Å². The molecule has 2 rings (SSSR count). The molecule has 6 nitrogen and oxygen atoms in total. The molecule has 0 aliphatic rings. The van der Waals surface area contributed by atoms with Gasteiger partial charge in [0.25, 0.3) is 0 Å². The highest BCUT2D eigenvalue weighted by Gasteiger charge is 2.27. The second-order valence-corrected chi connectivity index (χ2v) is 5.66. The molecule has 0 radical (unpaired) electrons. The summed E-state index contributed by atoms with van der Waals surface area (Å²) in [6, 6.07) is 17.1. The second-order valence-electron chi connectivity index (χ2n) is 5.66. The average molecular weight is 340 g/mol. The molecule has 0 unspecified atom stereocenters. The Morgan fingerprint density at radius 1 is 0.920 bits per heavy atom. The molecule has 130 valence electrons. The number of hydrogen-bond donors (Lipinski definition) is 3. The Hall–Kier alpha value is -3.15. The van der Waals surface area contributed by atoms with Crippen LogP contribution in [-0.2, 0) is 14.4 Å². The van der Waals surface area contributed by atoms with Gasteiger partial charge >= 0.3 is 5.97 Å². The van der Waals surface area contributed by atoms with E-state index in [1.165, 1.54) is 0 Å². The van der Waals surface area contributed by atoms with Gasteiger partial charge in [0, 0.05) is 6.42 Å². The number of carbonyl (C=O) groups is 3. The molecule has 0 fully saturated rings. The quantitative estimate of drug-likeness (QED) is 0.679. The Morgan fingerprint density at radius 3 is 1.80 bits per heavy atom. The third kappa shape index (κ3) is 5.17. The van der Waals surface area contributed by atoms with E-state index in [-0.39, 0.29) is 12.8 Å². The summed E-state index contributed by atoms with van der Waals surface area (Å²) in [5.74, 6) is -2.88. The van der Waals surface area contributed by atoms with Crippen LogP contribution >= 0.6 is 0 Å². The number of primary amides is 1. The van der Waals surface area contributed by atoms with Crippen LogP contribution in [0, 0.1) is 0 Å². The number of nitrogens with two attached hydrogens (primary N) is 1. The first-order valence-electron chi connectivity index (χ1n) is 7.90. The zero-order chi connectivity index (χ0) is 18.2. The monoisotopic (exact) mass is 340 g/mol. The topological polar surface area (TPSA) is 109 Å². The van der Waals surface area contributed by atoms with E-state index < -0.39 is 29.7 Å². The van der Waals surface area contributed by atoms with Gasteiger partial charge in [0.2, 0.25) is 11.8 Å². The van der Waals surface area contributed by atoms with Crippen LogP contribution in [0.3, 0.4) is 0 Å². The number of benzene rings is 2. The third-order valence-corrected chi connectivity index (χ3v) is 3.82. The van der Waals surface area contributed by atoms with Crippen molar-refractivity contribution in [2.45, 2.75) is 24.8 Å². The SMILES string of the molecule is NC(=O)CC[C@@H](NC(=O)C(c1ccccc1)c1ccccc1)C(=O)O. The predicted molar refractivity (Wildman–Crippen MR) is 92.7 cm³/mol. The first-order chi connectivity index (χ1) is 12.0. The van der Waals surface area contributed by atoms with E-state index in [1.807, 2.05) is 60.7 Å². The lowest BCUT2D eigenvalue weighted by Crippen LogP contribution is -2.43. The molecule has 2 aromatic rings. The van der Waals surface area contributed by atoms with Crippen LogP contribution < -0.4 is 11.1 Å². The minimum Gasteiger partial charge on any atom is -0.480 e. The molecular formula is C19H20N2O4. The Kier molecular flexibility index (Phi) is 6.28. The summed E-state index contributed by atoms with van der Waals surface area (Å²) in [6.07, 6.45) is -0.161. The number of carbonyl (C=O) groups excluding carboxylic acids is 2. The molecule has 0 aliphatic heterocycles. The number of amides is 2. The van der Waals surface area contributed by atoms with Gasteiger partial charge in [-0.1, -0.05) is 60.7 Å². The molecule has 25 heavy (non-hydrogen) atoms. The number of carboxylic acids is 1. The van der Waals surface area contributed by atoms with Crippen molar-refractivity contribution in [2.24, 2.45) is 5.73 Å². The van der Waals surface area contributed by atoms with Crippen LogP contribution in [0.5, 0.6) is 0 Å². The van der Waals surface area contributed by atoms with E-state index in [0.717, 1.165) is 11.1 Å². The number of carboxylic acid groups (broad SMARTS) is 1. The molecule has 6 heteroatoms. The van der Waals surface area contributed by atoms with Gasteiger partial charge in [-0.25, -0.2) is 4.79 Å². The summed E-state index contributed by atoms with van der Waals surface area (Å²) in [7, 11) is 0. The van der Waals surface area contributed by atoms with Crippen LogP contribution in [0.4, 0.5) is 0 Å². The molecule has 0 heterocycles. The van der Waals surface area contributed by atoms with Gasteiger partial charge in [0.15, 0.2) is 0 Å². The van der Waals surface area contributed by atoms with Crippen molar-refractivity contribution < 1.29 is 19.5 Å². The molecule has 0 aliphatic carbocycles. The summed E-state index contributed by atoms with van der Waals surface area (Å²) < 4.78 is 0. The van der Waals surface area contributed by atoms with E-state index in [0.29, 0.717) is 0 Å². The maximum absolute atomic E-state index is 12.8. The fourth-order valence-electron chi connectivity index (χ4n) is 2.59. The van der Waals surface area contributed by atoms with Gasteiger partial charge in [-0.2, -0.15) is 0 Å². The number of nitrogens with one attached hydrogen (secondary N) is 1. The normalized spacial score (nSPS) is 11.7. The first-order valence-corrected chi connectivity index (χ1v) is 7.90. The first kappa shape index (κ1) is 18.2. The van der Waals surface area contributed by atoms with Crippen molar-refractivity contribution in [3.63, 3.8) is 0 Å². The van der Waals surface area contributed by atoms with E-state index in [9.17, 15) is 19.5 Å². The minimum absolute atomic E-state index is 0.0489. The summed E-state index contributed by atoms with van der Waals surface area (Å²) in [5, 5.41) is 11.8. The van der Waals surface area contributed by atoms with Crippen LogP contribution in [0.25, 0.3) is 0 Å². The Balaban J connectivity index is 2.26. The fourth-order valence-corrected chi connectivity index (χ4v) is 2.59. The van der Waals surface area contributed by atoms with Gasteiger partial charge in [-0.15, -0.1) is 0 Å². The van der Waals surface area contributed by atoms with E-state index in [1.54, 1.807) is 0 Å². The van der Waals surface area contributed by atoms with E-state index in [2.05, 4.69) is 5.32 Å². The van der Waals surface area contributed by atoms with Gasteiger partial charge in [0.05, 0.1) is 5.92 Å². The van der Waals surface area contributed by atoms with Crippen LogP contribution in [0.15, 0.2) is 60.7 Å². The number of rotatable bonds is 8. The van der Waals surface area contributed by atoms with Crippen molar-refractivity contribution in [1.82, 2.24) is 5.32 Å². The minimum atomic E-state index is -1.20. The van der Waals surface area contributed by atoms with Gasteiger partial charge in [-0.05, 0) is 17.5 Å². The summed E-state index contributed by atoms with van der Waals surface area (Å²) >= 11 is 0. The lowest BCUT2D eigenvalue weighted by Gasteiger charge is -2.21. The number of hydrogen-bond acceptors (Lipinski definition) is 3. The highest BCUT2D eigenvalue weighted by molar-refractivity contribution is 5.90. The molecule has 2 aromatic carbocycles. The molecule has 1 atom stereocenters. The Labute approximate surface area is 145 Å². The van der Waals surface area contributed by atoms with Crippen molar-refractivity contribution in [2.75, 3.05) is 0 Å². The maximum Gasteiger partial charge on any atom is 0.326 e. The molecule has 0 spiro atoms. The highest BCUT2D eigenvalue weighted by atomic mass is 16.4. The molecule has 4 N–H and O–H groups in total.